The molecule has 0 unspecified atom stereocenters. The van der Waals surface area contributed by atoms with E-state index in [0.29, 0.717) is 25.7 Å². The minimum absolute atomic E-state index is 0.0212. The van der Waals surface area contributed by atoms with Crippen LogP contribution in [0.1, 0.15) is 23.2 Å². The highest BCUT2D eigenvalue weighted by Gasteiger charge is 2.19. The van der Waals surface area contributed by atoms with Gasteiger partial charge < -0.3 is 10.1 Å². The molecule has 8 heteroatoms. The molecule has 1 aliphatic heterocycles. The van der Waals surface area contributed by atoms with Gasteiger partial charge in [0.05, 0.1) is 10.5 Å². The van der Waals surface area contributed by atoms with E-state index in [1.807, 2.05) is 0 Å². The van der Waals surface area contributed by atoms with Gasteiger partial charge in [-0.15, -0.1) is 0 Å². The van der Waals surface area contributed by atoms with Gasteiger partial charge in [-0.3, -0.25) is 14.9 Å². The summed E-state index contributed by atoms with van der Waals surface area (Å²) in [5, 5.41) is 13.4. The third-order valence-corrected chi connectivity index (χ3v) is 3.47. The summed E-state index contributed by atoms with van der Waals surface area (Å²) in [6.07, 6.45) is 2.81. The second-order valence-electron chi connectivity index (χ2n) is 4.55. The van der Waals surface area contributed by atoms with Gasteiger partial charge in [-0.1, -0.05) is 11.6 Å². The van der Waals surface area contributed by atoms with Crippen LogP contribution in [-0.2, 0) is 4.74 Å². The van der Waals surface area contributed by atoms with E-state index >= 15 is 0 Å². The summed E-state index contributed by atoms with van der Waals surface area (Å²) in [6, 6.07) is 1.13. The van der Waals surface area contributed by atoms with Crippen molar-refractivity contribution in [2.45, 2.75) is 12.8 Å². The third kappa shape index (κ3) is 3.64. The average molecular weight is 300 g/mol. The molecular formula is C12H14ClN3O4. The topological polar surface area (TPSA) is 94.4 Å². The lowest BCUT2D eigenvalue weighted by Crippen LogP contribution is -2.32. The Morgan fingerprint density at radius 2 is 2.25 bits per heavy atom. The number of carbonyl (C=O) groups is 1. The number of rotatable bonds is 4. The van der Waals surface area contributed by atoms with Crippen molar-refractivity contribution in [3.63, 3.8) is 0 Å². The van der Waals surface area contributed by atoms with E-state index in [-0.39, 0.29) is 16.4 Å². The van der Waals surface area contributed by atoms with Crippen molar-refractivity contribution in [2.75, 3.05) is 19.8 Å². The Bertz CT molecular complexity index is 517. The van der Waals surface area contributed by atoms with Crippen molar-refractivity contribution in [1.29, 1.82) is 0 Å². The first kappa shape index (κ1) is 14.7. The zero-order chi connectivity index (χ0) is 14.5. The van der Waals surface area contributed by atoms with Crippen LogP contribution in [-0.4, -0.2) is 35.6 Å². The Kier molecular flexibility index (Phi) is 4.86. The third-order valence-electron chi connectivity index (χ3n) is 3.17. The smallest absolute Gasteiger partial charge is 0.288 e. The Labute approximate surface area is 120 Å². The van der Waals surface area contributed by atoms with Crippen molar-refractivity contribution in [3.8, 4) is 0 Å². The minimum Gasteiger partial charge on any atom is -0.381 e. The molecule has 7 nitrogen and oxygen atoms in total. The summed E-state index contributed by atoms with van der Waals surface area (Å²) >= 11 is 5.80. The van der Waals surface area contributed by atoms with Gasteiger partial charge in [-0.2, -0.15) is 0 Å². The number of hydrogen-bond acceptors (Lipinski definition) is 5. The molecular weight excluding hydrogens is 286 g/mol. The standard InChI is InChI=1S/C12H14ClN3O4/c13-11-10(5-9(7-14-11)16(18)19)12(17)15-6-8-1-3-20-4-2-8/h5,7-8H,1-4,6H2,(H,15,17). The fourth-order valence-electron chi connectivity index (χ4n) is 1.98. The summed E-state index contributed by atoms with van der Waals surface area (Å²) in [6.45, 7) is 1.89. The molecule has 108 valence electrons. The van der Waals surface area contributed by atoms with E-state index in [1.54, 1.807) is 0 Å². The summed E-state index contributed by atoms with van der Waals surface area (Å²) in [5.74, 6) is -0.0872. The highest BCUT2D eigenvalue weighted by molar-refractivity contribution is 6.32. The minimum atomic E-state index is -0.613. The summed E-state index contributed by atoms with van der Waals surface area (Å²) in [5.41, 5.74) is -0.237. The van der Waals surface area contributed by atoms with E-state index in [0.717, 1.165) is 25.1 Å². The maximum absolute atomic E-state index is 12.0. The lowest BCUT2D eigenvalue weighted by atomic mass is 10.0. The number of nitro groups is 1. The molecule has 0 saturated carbocycles. The first-order valence-corrected chi connectivity index (χ1v) is 6.61. The van der Waals surface area contributed by atoms with E-state index in [2.05, 4.69) is 10.3 Å². The molecule has 1 saturated heterocycles. The summed E-state index contributed by atoms with van der Waals surface area (Å²) < 4.78 is 5.23. The fraction of sp³-hybridized carbons (Fsp3) is 0.500. The van der Waals surface area contributed by atoms with Crippen LogP contribution in [0.5, 0.6) is 0 Å². The fourth-order valence-corrected chi connectivity index (χ4v) is 2.17. The predicted octanol–water partition coefficient (Wildman–Crippen LogP) is 1.80. The Morgan fingerprint density at radius 3 is 2.90 bits per heavy atom. The van der Waals surface area contributed by atoms with Gasteiger partial charge in [0, 0.05) is 25.8 Å². The number of hydrogen-bond donors (Lipinski definition) is 1. The number of halogens is 1. The van der Waals surface area contributed by atoms with Gasteiger partial charge in [0.25, 0.3) is 11.6 Å². The molecule has 1 aromatic heterocycles. The second-order valence-corrected chi connectivity index (χ2v) is 4.91. The van der Waals surface area contributed by atoms with Crippen LogP contribution in [0.2, 0.25) is 5.15 Å². The molecule has 0 spiro atoms. The van der Waals surface area contributed by atoms with Crippen molar-refractivity contribution < 1.29 is 14.5 Å². The molecule has 1 aromatic rings. The Hall–Kier alpha value is -1.73. The molecule has 0 aromatic carbocycles. The number of pyridine rings is 1. The van der Waals surface area contributed by atoms with Crippen LogP contribution in [0, 0.1) is 16.0 Å². The number of carbonyl (C=O) groups excluding carboxylic acids is 1. The number of ether oxygens (including phenoxy) is 1. The lowest BCUT2D eigenvalue weighted by molar-refractivity contribution is -0.385. The SMILES string of the molecule is O=C(NCC1CCOCC1)c1cc([N+](=O)[O-])cnc1Cl. The molecule has 0 aliphatic carbocycles. The number of nitrogens with zero attached hydrogens (tertiary/aromatic N) is 2. The molecule has 0 radical (unpaired) electrons. The van der Waals surface area contributed by atoms with Crippen LogP contribution in [0.4, 0.5) is 5.69 Å². The van der Waals surface area contributed by atoms with Crippen molar-refractivity contribution in [1.82, 2.24) is 10.3 Å². The average Bonchev–Trinajstić information content (AvgIpc) is 2.46. The molecule has 2 rings (SSSR count). The maximum Gasteiger partial charge on any atom is 0.288 e. The molecule has 20 heavy (non-hydrogen) atoms. The molecule has 0 atom stereocenters. The van der Waals surface area contributed by atoms with Gasteiger partial charge in [-0.05, 0) is 18.8 Å². The highest BCUT2D eigenvalue weighted by atomic mass is 35.5. The van der Waals surface area contributed by atoms with Crippen LogP contribution in [0.25, 0.3) is 0 Å². The molecule has 1 aliphatic rings. The van der Waals surface area contributed by atoms with Gasteiger partial charge in [0.2, 0.25) is 0 Å². The molecule has 2 heterocycles. The van der Waals surface area contributed by atoms with E-state index in [1.165, 1.54) is 0 Å². The van der Waals surface area contributed by atoms with Gasteiger partial charge in [0.15, 0.2) is 0 Å². The molecule has 1 N–H and O–H groups in total. The lowest BCUT2D eigenvalue weighted by Gasteiger charge is -2.22. The van der Waals surface area contributed by atoms with E-state index < -0.39 is 10.8 Å². The first-order chi connectivity index (χ1) is 9.58. The van der Waals surface area contributed by atoms with Crippen LogP contribution in [0.3, 0.4) is 0 Å². The van der Waals surface area contributed by atoms with Crippen LogP contribution >= 0.6 is 11.6 Å². The monoisotopic (exact) mass is 299 g/mol. The van der Waals surface area contributed by atoms with Crippen LogP contribution in [0.15, 0.2) is 12.3 Å². The highest BCUT2D eigenvalue weighted by Crippen LogP contribution is 2.19. The number of amides is 1. The Morgan fingerprint density at radius 1 is 1.55 bits per heavy atom. The summed E-state index contributed by atoms with van der Waals surface area (Å²) in [7, 11) is 0. The maximum atomic E-state index is 12.0. The molecule has 1 fully saturated rings. The largest absolute Gasteiger partial charge is 0.381 e. The first-order valence-electron chi connectivity index (χ1n) is 6.24. The van der Waals surface area contributed by atoms with Crippen molar-refractivity contribution in [3.05, 3.63) is 33.1 Å². The molecule has 0 bridgehead atoms. The van der Waals surface area contributed by atoms with E-state index in [9.17, 15) is 14.9 Å². The van der Waals surface area contributed by atoms with Gasteiger partial charge in [0.1, 0.15) is 11.3 Å². The second kappa shape index (κ2) is 6.62. The number of nitrogens with one attached hydrogen (secondary N) is 1. The van der Waals surface area contributed by atoms with Crippen molar-refractivity contribution >= 4 is 23.2 Å². The zero-order valence-corrected chi connectivity index (χ0v) is 11.4. The quantitative estimate of drug-likeness (QED) is 0.520. The van der Waals surface area contributed by atoms with Gasteiger partial charge >= 0.3 is 0 Å². The van der Waals surface area contributed by atoms with Crippen LogP contribution < -0.4 is 5.32 Å². The van der Waals surface area contributed by atoms with Gasteiger partial charge in [-0.25, -0.2) is 4.98 Å². The number of aromatic nitrogens is 1. The van der Waals surface area contributed by atoms with E-state index in [4.69, 9.17) is 16.3 Å². The predicted molar refractivity (Wildman–Crippen MR) is 71.8 cm³/mol. The summed E-state index contributed by atoms with van der Waals surface area (Å²) in [4.78, 5) is 25.7. The van der Waals surface area contributed by atoms with Crippen molar-refractivity contribution in [2.24, 2.45) is 5.92 Å². The Balaban J connectivity index is 2.00. The normalized spacial score (nSPS) is 15.8. The zero-order valence-electron chi connectivity index (χ0n) is 10.7. The molecule has 1 amide bonds.